The van der Waals surface area contributed by atoms with Crippen molar-refractivity contribution in [3.05, 3.63) is 28.2 Å². The van der Waals surface area contributed by atoms with Crippen LogP contribution in [0.4, 0.5) is 5.69 Å². The normalized spacial score (nSPS) is 15.2. The lowest BCUT2D eigenvalue weighted by atomic mass is 10.1. The van der Waals surface area contributed by atoms with Gasteiger partial charge < -0.3 is 10.3 Å². The van der Waals surface area contributed by atoms with Gasteiger partial charge in [-0.25, -0.2) is 0 Å². The number of pyridine rings is 1. The van der Waals surface area contributed by atoms with Crippen LogP contribution in [0, 0.1) is 0 Å². The average Bonchev–Trinajstić information content (AvgIpc) is 2.04. The summed E-state index contributed by atoms with van der Waals surface area (Å²) < 4.78 is 0. The molecule has 0 saturated carbocycles. The molecule has 2 N–H and O–H groups in total. The highest BCUT2D eigenvalue weighted by molar-refractivity contribution is 5.93. The van der Waals surface area contributed by atoms with Gasteiger partial charge in [0.25, 0.3) is 5.56 Å². The Balaban J connectivity index is 2.56. The van der Waals surface area contributed by atoms with E-state index in [0.717, 1.165) is 0 Å². The highest BCUT2D eigenvalue weighted by atomic mass is 16.2. The van der Waals surface area contributed by atoms with Crippen LogP contribution in [0.3, 0.4) is 0 Å². The first-order valence-corrected chi connectivity index (χ1v) is 3.78. The second-order valence-electron chi connectivity index (χ2n) is 2.75. The first-order valence-electron chi connectivity index (χ1n) is 3.78. The van der Waals surface area contributed by atoms with Gasteiger partial charge in [0.05, 0.1) is 5.69 Å². The lowest BCUT2D eigenvalue weighted by Gasteiger charge is -2.14. The van der Waals surface area contributed by atoms with E-state index in [1.165, 1.54) is 6.20 Å². The Morgan fingerprint density at radius 2 is 2.08 bits per heavy atom. The van der Waals surface area contributed by atoms with E-state index in [9.17, 15) is 9.59 Å². The number of anilines is 1. The van der Waals surface area contributed by atoms with Crippen molar-refractivity contribution >= 4 is 11.6 Å². The molecule has 0 aliphatic carbocycles. The maximum Gasteiger partial charge on any atom is 0.253 e. The fraction of sp³-hybridized carbons (Fsp3) is 0.250. The molecule has 4 heteroatoms. The molecule has 0 bridgehead atoms. The second-order valence-corrected chi connectivity index (χ2v) is 2.75. The van der Waals surface area contributed by atoms with Crippen molar-refractivity contribution in [3.63, 3.8) is 0 Å². The van der Waals surface area contributed by atoms with Crippen LogP contribution in [0.2, 0.25) is 0 Å². The summed E-state index contributed by atoms with van der Waals surface area (Å²) in [5.41, 5.74) is 1.22. The highest BCUT2D eigenvalue weighted by Gasteiger charge is 2.16. The summed E-state index contributed by atoms with van der Waals surface area (Å²) in [6.45, 7) is 0. The molecule has 1 amide bonds. The fourth-order valence-electron chi connectivity index (χ4n) is 1.33. The zero-order chi connectivity index (χ0) is 8.55. The van der Waals surface area contributed by atoms with Gasteiger partial charge in [-0.1, -0.05) is 0 Å². The number of carbonyl (C=O) groups is 1. The minimum atomic E-state index is -0.104. The molecule has 0 unspecified atom stereocenters. The number of carbonyl (C=O) groups excluding carboxylic acids is 1. The maximum absolute atomic E-state index is 11.2. The Morgan fingerprint density at radius 3 is 2.92 bits per heavy atom. The first kappa shape index (κ1) is 7.09. The quantitative estimate of drug-likeness (QED) is 0.577. The molecule has 1 aromatic heterocycles. The fourth-order valence-corrected chi connectivity index (χ4v) is 1.33. The molecule has 2 rings (SSSR count). The number of aromatic amines is 1. The molecule has 62 valence electrons. The van der Waals surface area contributed by atoms with E-state index in [2.05, 4.69) is 10.3 Å². The summed E-state index contributed by atoms with van der Waals surface area (Å²) in [4.78, 5) is 24.6. The SMILES string of the molecule is O=C1CCc2c(cc[nH]c2=O)N1. The largest absolute Gasteiger partial charge is 0.329 e. The monoisotopic (exact) mass is 164 g/mol. The van der Waals surface area contributed by atoms with E-state index in [0.29, 0.717) is 24.1 Å². The highest BCUT2D eigenvalue weighted by Crippen LogP contribution is 2.16. The van der Waals surface area contributed by atoms with E-state index >= 15 is 0 Å². The topological polar surface area (TPSA) is 62.0 Å². The third kappa shape index (κ3) is 1.01. The van der Waals surface area contributed by atoms with E-state index in [1.54, 1.807) is 6.07 Å². The van der Waals surface area contributed by atoms with Crippen molar-refractivity contribution in [2.45, 2.75) is 12.8 Å². The van der Waals surface area contributed by atoms with Crippen LogP contribution in [0.25, 0.3) is 0 Å². The van der Waals surface area contributed by atoms with Crippen LogP contribution in [-0.4, -0.2) is 10.9 Å². The van der Waals surface area contributed by atoms with Gasteiger partial charge in [0.15, 0.2) is 0 Å². The average molecular weight is 164 g/mol. The molecule has 1 aliphatic heterocycles. The third-order valence-corrected chi connectivity index (χ3v) is 1.94. The predicted molar refractivity (Wildman–Crippen MR) is 44.0 cm³/mol. The van der Waals surface area contributed by atoms with Gasteiger partial charge in [-0.15, -0.1) is 0 Å². The van der Waals surface area contributed by atoms with Gasteiger partial charge in [0, 0.05) is 18.2 Å². The Morgan fingerprint density at radius 1 is 1.25 bits per heavy atom. The van der Waals surface area contributed by atoms with Crippen LogP contribution < -0.4 is 10.9 Å². The number of nitrogens with one attached hydrogen (secondary N) is 2. The van der Waals surface area contributed by atoms with E-state index in [1.807, 2.05) is 0 Å². The second kappa shape index (κ2) is 2.48. The predicted octanol–water partition coefficient (Wildman–Crippen LogP) is 0.260. The van der Waals surface area contributed by atoms with Crippen LogP contribution in [0.1, 0.15) is 12.0 Å². The van der Waals surface area contributed by atoms with Crippen molar-refractivity contribution in [3.8, 4) is 0 Å². The minimum Gasteiger partial charge on any atom is -0.329 e. The summed E-state index contributed by atoms with van der Waals surface area (Å²) in [7, 11) is 0. The minimum absolute atomic E-state index is 0.0203. The molecule has 1 aliphatic rings. The van der Waals surface area contributed by atoms with Gasteiger partial charge in [-0.3, -0.25) is 9.59 Å². The van der Waals surface area contributed by atoms with Crippen LogP contribution in [-0.2, 0) is 11.2 Å². The van der Waals surface area contributed by atoms with Gasteiger partial charge in [0.2, 0.25) is 5.91 Å². The number of hydrogen-bond acceptors (Lipinski definition) is 2. The van der Waals surface area contributed by atoms with Gasteiger partial charge >= 0.3 is 0 Å². The van der Waals surface area contributed by atoms with Crippen molar-refractivity contribution in [2.75, 3.05) is 5.32 Å². The van der Waals surface area contributed by atoms with E-state index in [4.69, 9.17) is 0 Å². The van der Waals surface area contributed by atoms with E-state index in [-0.39, 0.29) is 11.5 Å². The van der Waals surface area contributed by atoms with Crippen molar-refractivity contribution in [2.24, 2.45) is 0 Å². The summed E-state index contributed by atoms with van der Waals surface area (Å²) in [5, 5.41) is 2.64. The Hall–Kier alpha value is -1.58. The smallest absolute Gasteiger partial charge is 0.253 e. The van der Waals surface area contributed by atoms with Crippen LogP contribution in [0.15, 0.2) is 17.1 Å². The summed E-state index contributed by atoms with van der Waals surface area (Å²) in [6.07, 6.45) is 2.48. The first-order chi connectivity index (χ1) is 5.77. The number of fused-ring (bicyclic) bond motifs is 1. The molecule has 12 heavy (non-hydrogen) atoms. The molecular formula is C8H8N2O2. The summed E-state index contributed by atoms with van der Waals surface area (Å²) in [6, 6.07) is 1.70. The molecule has 2 heterocycles. The van der Waals surface area contributed by atoms with Gasteiger partial charge in [-0.05, 0) is 12.5 Å². The molecule has 0 aromatic carbocycles. The third-order valence-electron chi connectivity index (χ3n) is 1.94. The number of amides is 1. The van der Waals surface area contributed by atoms with Gasteiger partial charge in [0.1, 0.15) is 0 Å². The molecule has 4 nitrogen and oxygen atoms in total. The molecule has 1 aromatic rings. The molecule has 0 spiro atoms. The lowest BCUT2D eigenvalue weighted by Crippen LogP contribution is -2.25. The Bertz CT molecular complexity index is 381. The lowest BCUT2D eigenvalue weighted by molar-refractivity contribution is -0.116. The van der Waals surface area contributed by atoms with Crippen LogP contribution >= 0.6 is 0 Å². The van der Waals surface area contributed by atoms with Crippen molar-refractivity contribution < 1.29 is 4.79 Å². The number of hydrogen-bond donors (Lipinski definition) is 2. The number of aromatic nitrogens is 1. The van der Waals surface area contributed by atoms with Gasteiger partial charge in [-0.2, -0.15) is 0 Å². The molecular weight excluding hydrogens is 156 g/mol. The van der Waals surface area contributed by atoms with E-state index < -0.39 is 0 Å². The van der Waals surface area contributed by atoms with Crippen LogP contribution in [0.5, 0.6) is 0 Å². The number of rotatable bonds is 0. The standard InChI is InChI=1S/C8H8N2O2/c11-7-2-1-5-6(10-7)3-4-9-8(5)12/h3-4H,1-2H2,(H,9,12)(H,10,11). The Labute approximate surface area is 68.6 Å². The zero-order valence-corrected chi connectivity index (χ0v) is 6.39. The maximum atomic E-state index is 11.2. The summed E-state index contributed by atoms with van der Waals surface area (Å²) >= 11 is 0. The van der Waals surface area contributed by atoms with Crippen molar-refractivity contribution in [1.29, 1.82) is 0 Å². The Kier molecular flexibility index (Phi) is 1.46. The molecule has 0 radical (unpaired) electrons. The molecule has 0 saturated heterocycles. The zero-order valence-electron chi connectivity index (χ0n) is 6.39. The molecule has 0 fully saturated rings. The molecule has 0 atom stereocenters. The van der Waals surface area contributed by atoms with Crippen molar-refractivity contribution in [1.82, 2.24) is 4.98 Å². The summed E-state index contributed by atoms with van der Waals surface area (Å²) in [5.74, 6) is -0.0203. The number of H-pyrrole nitrogens is 1.